The molecule has 1 aliphatic heterocycles. The summed E-state index contributed by atoms with van der Waals surface area (Å²) in [5, 5.41) is 17.0. The van der Waals surface area contributed by atoms with Crippen molar-refractivity contribution in [2.24, 2.45) is 0 Å². The fourth-order valence-electron chi connectivity index (χ4n) is 2.82. The molecular weight excluding hydrogens is 268 g/mol. The molecule has 21 heavy (non-hydrogen) atoms. The summed E-state index contributed by atoms with van der Waals surface area (Å²) in [5.74, 6) is -0.0155. The molecule has 1 saturated heterocycles. The molecule has 2 aromatic rings. The lowest BCUT2D eigenvalue weighted by molar-refractivity contribution is 0.0756. The first-order valence-corrected chi connectivity index (χ1v) is 7.35. The number of nitrogens with one attached hydrogen (secondary N) is 1. The van der Waals surface area contributed by atoms with E-state index in [-0.39, 0.29) is 12.5 Å². The highest BCUT2D eigenvalue weighted by atomic mass is 16.3. The van der Waals surface area contributed by atoms with Crippen LogP contribution in [0.25, 0.3) is 10.9 Å². The molecule has 0 saturated carbocycles. The first kappa shape index (κ1) is 14.0. The van der Waals surface area contributed by atoms with E-state index in [4.69, 9.17) is 5.11 Å². The topological polar surface area (TPSA) is 72.5 Å². The van der Waals surface area contributed by atoms with Gasteiger partial charge in [0.2, 0.25) is 0 Å². The molecule has 2 heterocycles. The smallest absolute Gasteiger partial charge is 0.275 e. The molecule has 0 atom stereocenters. The molecule has 1 aromatic heterocycles. The standard InChI is InChI=1S/C15H20N4O2/c20-11-10-18-6-3-7-19(9-8-18)15(21)14-12-4-1-2-5-13(12)16-17-14/h1-2,4-5,20H,3,6-11H2,(H,16,17). The minimum atomic E-state index is -0.0155. The maximum atomic E-state index is 12.7. The van der Waals surface area contributed by atoms with E-state index in [9.17, 15) is 4.79 Å². The largest absolute Gasteiger partial charge is 0.395 e. The van der Waals surface area contributed by atoms with Crippen LogP contribution in [0.15, 0.2) is 24.3 Å². The summed E-state index contributed by atoms with van der Waals surface area (Å²) in [5.41, 5.74) is 1.39. The summed E-state index contributed by atoms with van der Waals surface area (Å²) in [4.78, 5) is 16.7. The van der Waals surface area contributed by atoms with Crippen molar-refractivity contribution in [3.63, 3.8) is 0 Å². The lowest BCUT2D eigenvalue weighted by atomic mass is 10.2. The van der Waals surface area contributed by atoms with E-state index >= 15 is 0 Å². The Labute approximate surface area is 123 Å². The molecule has 1 fully saturated rings. The molecule has 0 radical (unpaired) electrons. The Morgan fingerprint density at radius 1 is 1.24 bits per heavy atom. The Balaban J connectivity index is 1.76. The van der Waals surface area contributed by atoms with Gasteiger partial charge in [0.25, 0.3) is 5.91 Å². The molecule has 2 N–H and O–H groups in total. The van der Waals surface area contributed by atoms with Crippen LogP contribution in [-0.4, -0.2) is 70.3 Å². The summed E-state index contributed by atoms with van der Waals surface area (Å²) < 4.78 is 0. The van der Waals surface area contributed by atoms with Crippen molar-refractivity contribution in [3.05, 3.63) is 30.0 Å². The highest BCUT2D eigenvalue weighted by Gasteiger charge is 2.23. The number of nitrogens with zero attached hydrogens (tertiary/aromatic N) is 3. The summed E-state index contributed by atoms with van der Waals surface area (Å²) in [6.45, 7) is 3.98. The van der Waals surface area contributed by atoms with Gasteiger partial charge >= 0.3 is 0 Å². The van der Waals surface area contributed by atoms with Gasteiger partial charge in [0.05, 0.1) is 12.1 Å². The maximum absolute atomic E-state index is 12.7. The number of hydrogen-bond acceptors (Lipinski definition) is 4. The van der Waals surface area contributed by atoms with Crippen molar-refractivity contribution in [1.29, 1.82) is 0 Å². The zero-order chi connectivity index (χ0) is 14.7. The molecule has 112 valence electrons. The van der Waals surface area contributed by atoms with Crippen LogP contribution in [-0.2, 0) is 0 Å². The SMILES string of the molecule is O=C(c1n[nH]c2ccccc12)N1CCCN(CCO)CC1. The number of aliphatic hydroxyl groups is 1. The average molecular weight is 288 g/mol. The number of fused-ring (bicyclic) bond motifs is 1. The van der Waals surface area contributed by atoms with E-state index in [2.05, 4.69) is 15.1 Å². The second-order valence-electron chi connectivity index (χ2n) is 5.33. The van der Waals surface area contributed by atoms with E-state index < -0.39 is 0 Å². The predicted octanol–water partition coefficient (Wildman–Crippen LogP) is 0.703. The highest BCUT2D eigenvalue weighted by molar-refractivity contribution is 6.04. The van der Waals surface area contributed by atoms with E-state index in [0.717, 1.165) is 37.0 Å². The number of β-amino-alcohol motifs (C(OH)–C–C–N with tert-alkyl or cyclic N) is 1. The van der Waals surface area contributed by atoms with Crippen LogP contribution in [0.4, 0.5) is 0 Å². The lowest BCUT2D eigenvalue weighted by Gasteiger charge is -2.20. The zero-order valence-electron chi connectivity index (χ0n) is 12.0. The summed E-state index contributed by atoms with van der Waals surface area (Å²) >= 11 is 0. The number of rotatable bonds is 3. The number of aromatic amines is 1. The fraction of sp³-hybridized carbons (Fsp3) is 0.467. The molecule has 1 aliphatic rings. The van der Waals surface area contributed by atoms with Crippen molar-refractivity contribution < 1.29 is 9.90 Å². The Kier molecular flexibility index (Phi) is 4.17. The van der Waals surface area contributed by atoms with E-state index in [1.54, 1.807) is 0 Å². The van der Waals surface area contributed by atoms with E-state index in [1.807, 2.05) is 29.2 Å². The number of aliphatic hydroxyl groups excluding tert-OH is 1. The molecule has 0 bridgehead atoms. The van der Waals surface area contributed by atoms with Crippen LogP contribution < -0.4 is 0 Å². The van der Waals surface area contributed by atoms with Gasteiger partial charge in [-0.15, -0.1) is 0 Å². The van der Waals surface area contributed by atoms with Gasteiger partial charge in [-0.1, -0.05) is 18.2 Å². The summed E-state index contributed by atoms with van der Waals surface area (Å²) in [6.07, 6.45) is 0.925. The quantitative estimate of drug-likeness (QED) is 0.872. The van der Waals surface area contributed by atoms with Crippen molar-refractivity contribution in [2.45, 2.75) is 6.42 Å². The second-order valence-corrected chi connectivity index (χ2v) is 5.33. The molecule has 0 spiro atoms. The normalized spacial score (nSPS) is 17.1. The molecule has 0 unspecified atom stereocenters. The van der Waals surface area contributed by atoms with Crippen LogP contribution in [0.2, 0.25) is 0 Å². The number of carbonyl (C=O) groups is 1. The average Bonchev–Trinajstić information content (AvgIpc) is 2.80. The van der Waals surface area contributed by atoms with Crippen LogP contribution in [0, 0.1) is 0 Å². The Morgan fingerprint density at radius 2 is 2.10 bits per heavy atom. The highest BCUT2D eigenvalue weighted by Crippen LogP contribution is 2.17. The predicted molar refractivity (Wildman–Crippen MR) is 80.1 cm³/mol. The molecule has 6 nitrogen and oxygen atoms in total. The third kappa shape index (κ3) is 2.91. The minimum absolute atomic E-state index is 0.0155. The second kappa shape index (κ2) is 6.24. The minimum Gasteiger partial charge on any atom is -0.395 e. The van der Waals surface area contributed by atoms with Crippen molar-refractivity contribution in [3.8, 4) is 0 Å². The number of H-pyrrole nitrogens is 1. The first-order chi connectivity index (χ1) is 10.3. The number of para-hydroxylation sites is 1. The summed E-state index contributed by atoms with van der Waals surface area (Å²) in [7, 11) is 0. The lowest BCUT2D eigenvalue weighted by Crippen LogP contribution is -2.36. The van der Waals surface area contributed by atoms with Gasteiger partial charge in [0.1, 0.15) is 0 Å². The molecule has 6 heteroatoms. The molecule has 3 rings (SSSR count). The van der Waals surface area contributed by atoms with Gasteiger partial charge in [-0.25, -0.2) is 0 Å². The molecule has 0 aliphatic carbocycles. The number of carbonyl (C=O) groups excluding carboxylic acids is 1. The number of hydrogen-bond donors (Lipinski definition) is 2. The number of aromatic nitrogens is 2. The molecular formula is C15H20N4O2. The van der Waals surface area contributed by atoms with Crippen LogP contribution in [0.3, 0.4) is 0 Å². The molecule has 1 amide bonds. The van der Waals surface area contributed by atoms with Crippen molar-refractivity contribution in [1.82, 2.24) is 20.0 Å². The van der Waals surface area contributed by atoms with Gasteiger partial charge < -0.3 is 10.0 Å². The molecule has 1 aromatic carbocycles. The number of amides is 1. The van der Waals surface area contributed by atoms with Crippen molar-refractivity contribution in [2.75, 3.05) is 39.3 Å². The van der Waals surface area contributed by atoms with Crippen molar-refractivity contribution >= 4 is 16.8 Å². The van der Waals surface area contributed by atoms with Gasteiger partial charge in [-0.2, -0.15) is 5.10 Å². The fourth-order valence-corrected chi connectivity index (χ4v) is 2.82. The van der Waals surface area contributed by atoms with Gasteiger partial charge in [0.15, 0.2) is 5.69 Å². The van der Waals surface area contributed by atoms with E-state index in [0.29, 0.717) is 18.8 Å². The Hall–Kier alpha value is -1.92. The van der Waals surface area contributed by atoms with Gasteiger partial charge in [0, 0.05) is 31.6 Å². The maximum Gasteiger partial charge on any atom is 0.275 e. The first-order valence-electron chi connectivity index (χ1n) is 7.35. The van der Waals surface area contributed by atoms with Crippen LogP contribution in [0.1, 0.15) is 16.9 Å². The van der Waals surface area contributed by atoms with E-state index in [1.165, 1.54) is 0 Å². The van der Waals surface area contributed by atoms with Crippen LogP contribution in [0.5, 0.6) is 0 Å². The van der Waals surface area contributed by atoms with Gasteiger partial charge in [-0.05, 0) is 19.0 Å². The summed E-state index contributed by atoms with van der Waals surface area (Å²) in [6, 6.07) is 7.68. The zero-order valence-corrected chi connectivity index (χ0v) is 12.0. The Bertz CT molecular complexity index is 625. The third-order valence-corrected chi connectivity index (χ3v) is 3.96. The monoisotopic (exact) mass is 288 g/mol. The van der Waals surface area contributed by atoms with Gasteiger partial charge in [-0.3, -0.25) is 14.8 Å². The third-order valence-electron chi connectivity index (χ3n) is 3.96. The number of benzene rings is 1. The Morgan fingerprint density at radius 3 is 2.95 bits per heavy atom. The van der Waals surface area contributed by atoms with Crippen LogP contribution >= 0.6 is 0 Å².